The lowest BCUT2D eigenvalue weighted by Gasteiger charge is -2.46. The van der Waals surface area contributed by atoms with Gasteiger partial charge in [-0.15, -0.1) is 0 Å². The van der Waals surface area contributed by atoms with E-state index >= 15 is 0 Å². The van der Waals surface area contributed by atoms with Gasteiger partial charge in [0.05, 0.1) is 18.8 Å². The summed E-state index contributed by atoms with van der Waals surface area (Å²) in [6.07, 6.45) is 3.15. The highest BCUT2D eigenvalue weighted by Crippen LogP contribution is 2.55. The molecule has 24 heavy (non-hydrogen) atoms. The molecule has 3 N–H and O–H groups in total. The molecule has 0 spiro atoms. The minimum absolute atomic E-state index is 0.163. The highest BCUT2D eigenvalue weighted by molar-refractivity contribution is 5.95. The summed E-state index contributed by atoms with van der Waals surface area (Å²) in [5.41, 5.74) is -1.67. The lowest BCUT2D eigenvalue weighted by Crippen LogP contribution is -2.48. The monoisotopic (exact) mass is 341 g/mol. The van der Waals surface area contributed by atoms with E-state index in [1.54, 1.807) is 0 Å². The van der Waals surface area contributed by atoms with Crippen LogP contribution < -0.4 is 0 Å². The second-order valence-corrected chi connectivity index (χ2v) is 7.01. The number of rotatable bonds is 3. The van der Waals surface area contributed by atoms with Crippen molar-refractivity contribution in [2.45, 2.75) is 25.7 Å². The summed E-state index contributed by atoms with van der Waals surface area (Å²) in [6, 6.07) is 1.99. The Kier molecular flexibility index (Phi) is 4.25. The highest BCUT2D eigenvalue weighted by atomic mass is 19.2. The van der Waals surface area contributed by atoms with Gasteiger partial charge in [-0.05, 0) is 25.0 Å². The summed E-state index contributed by atoms with van der Waals surface area (Å²) in [6.45, 7) is 0.0726. The van der Waals surface area contributed by atoms with Crippen molar-refractivity contribution >= 4 is 5.91 Å². The Hall–Kier alpha value is -1.73. The van der Waals surface area contributed by atoms with Crippen molar-refractivity contribution in [1.82, 2.24) is 4.90 Å². The van der Waals surface area contributed by atoms with Crippen LogP contribution in [0.2, 0.25) is 0 Å². The third-order valence-electron chi connectivity index (χ3n) is 5.86. The molecule has 0 aromatic heterocycles. The fourth-order valence-corrected chi connectivity index (χ4v) is 4.35. The molecule has 1 heterocycles. The first-order valence-corrected chi connectivity index (χ1v) is 8.08. The Morgan fingerprint density at radius 1 is 1.04 bits per heavy atom. The van der Waals surface area contributed by atoms with Gasteiger partial charge in [0.15, 0.2) is 11.6 Å². The van der Waals surface area contributed by atoms with Crippen molar-refractivity contribution in [2.75, 3.05) is 26.3 Å². The summed E-state index contributed by atoms with van der Waals surface area (Å²) in [5, 5.41) is 29.1. The molecule has 2 atom stereocenters. The molecular formula is C17H21F2NO4. The normalized spacial score (nSPS) is 29.6. The molecule has 0 radical (unpaired) electrons. The Labute approximate surface area is 138 Å². The van der Waals surface area contributed by atoms with Gasteiger partial charge < -0.3 is 20.2 Å². The molecule has 1 aromatic carbocycles. The molecular weight excluding hydrogens is 320 g/mol. The molecule has 132 valence electrons. The SMILES string of the molecule is O=C(c1ccc(O)c(F)c1F)N1C[C@]2(CO)CCCC[C@]2(CO)C1. The molecule has 0 unspecified atom stereocenters. The fraction of sp³-hybridized carbons (Fsp3) is 0.588. The van der Waals surface area contributed by atoms with Crippen molar-refractivity contribution in [3.8, 4) is 5.75 Å². The lowest BCUT2D eigenvalue weighted by molar-refractivity contribution is -0.0490. The number of aliphatic hydroxyl groups is 2. The van der Waals surface area contributed by atoms with Crippen LogP contribution in [0.5, 0.6) is 5.75 Å². The standard InChI is InChI=1S/C17H21F2NO4/c18-13-11(3-4-12(23)14(13)19)15(24)20-7-16(9-21)5-1-2-6-17(16,8-20)10-22/h3-4,21-23H,1-2,5-10H2/t16-,17+. The van der Waals surface area contributed by atoms with E-state index in [9.17, 15) is 28.9 Å². The number of fused-ring (bicyclic) bond motifs is 1. The predicted molar refractivity (Wildman–Crippen MR) is 81.4 cm³/mol. The lowest BCUT2D eigenvalue weighted by atomic mass is 9.58. The molecule has 2 fully saturated rings. The first-order chi connectivity index (χ1) is 11.4. The zero-order chi connectivity index (χ0) is 17.5. The Morgan fingerprint density at radius 3 is 2.08 bits per heavy atom. The van der Waals surface area contributed by atoms with Crippen LogP contribution in [0.4, 0.5) is 8.78 Å². The van der Waals surface area contributed by atoms with E-state index in [2.05, 4.69) is 0 Å². The largest absolute Gasteiger partial charge is 0.505 e. The minimum Gasteiger partial charge on any atom is -0.505 e. The van der Waals surface area contributed by atoms with Gasteiger partial charge in [0.2, 0.25) is 5.82 Å². The van der Waals surface area contributed by atoms with Crippen LogP contribution in [0.1, 0.15) is 36.0 Å². The molecule has 5 nitrogen and oxygen atoms in total. The van der Waals surface area contributed by atoms with E-state index in [0.29, 0.717) is 12.8 Å². The van der Waals surface area contributed by atoms with Crippen LogP contribution in [0, 0.1) is 22.5 Å². The maximum Gasteiger partial charge on any atom is 0.256 e. The number of carbonyl (C=O) groups is 1. The van der Waals surface area contributed by atoms with Crippen LogP contribution in [0.15, 0.2) is 12.1 Å². The minimum atomic E-state index is -1.45. The number of phenolic OH excluding ortho intramolecular Hbond substituents is 1. The first kappa shape index (κ1) is 17.1. The number of benzene rings is 1. The summed E-state index contributed by atoms with van der Waals surface area (Å²) >= 11 is 0. The summed E-state index contributed by atoms with van der Waals surface area (Å²) < 4.78 is 27.6. The van der Waals surface area contributed by atoms with E-state index in [0.717, 1.165) is 25.0 Å². The molecule has 1 aliphatic heterocycles. The van der Waals surface area contributed by atoms with Gasteiger partial charge in [-0.2, -0.15) is 4.39 Å². The predicted octanol–water partition coefficient (Wildman–Crippen LogP) is 1.66. The number of aliphatic hydroxyl groups excluding tert-OH is 2. The second kappa shape index (κ2) is 5.97. The Balaban J connectivity index is 1.94. The third kappa shape index (κ3) is 2.29. The van der Waals surface area contributed by atoms with Crippen LogP contribution in [0.25, 0.3) is 0 Å². The van der Waals surface area contributed by atoms with Gasteiger partial charge in [0.1, 0.15) is 0 Å². The number of aromatic hydroxyl groups is 1. The van der Waals surface area contributed by atoms with Crippen LogP contribution >= 0.6 is 0 Å². The van der Waals surface area contributed by atoms with Gasteiger partial charge in [0.25, 0.3) is 5.91 Å². The molecule has 3 rings (SSSR count). The number of hydrogen-bond acceptors (Lipinski definition) is 4. The maximum atomic E-state index is 14.0. The van der Waals surface area contributed by atoms with Crippen molar-refractivity contribution in [1.29, 1.82) is 0 Å². The molecule has 7 heteroatoms. The number of carbonyl (C=O) groups excluding carboxylic acids is 1. The average molecular weight is 341 g/mol. The molecule has 1 saturated carbocycles. The number of hydrogen-bond donors (Lipinski definition) is 3. The fourth-order valence-electron chi connectivity index (χ4n) is 4.35. The van der Waals surface area contributed by atoms with Crippen LogP contribution in [0.3, 0.4) is 0 Å². The average Bonchev–Trinajstić information content (AvgIpc) is 2.95. The zero-order valence-corrected chi connectivity index (χ0v) is 13.3. The molecule has 0 bridgehead atoms. The number of phenols is 1. The van der Waals surface area contributed by atoms with E-state index in [1.165, 1.54) is 4.90 Å². The highest BCUT2D eigenvalue weighted by Gasteiger charge is 2.59. The molecule has 1 saturated heterocycles. The van der Waals surface area contributed by atoms with Crippen LogP contribution in [-0.2, 0) is 0 Å². The van der Waals surface area contributed by atoms with Gasteiger partial charge in [0, 0.05) is 23.9 Å². The quantitative estimate of drug-likeness (QED) is 0.781. The molecule has 1 aliphatic carbocycles. The van der Waals surface area contributed by atoms with Crippen LogP contribution in [-0.4, -0.2) is 52.4 Å². The van der Waals surface area contributed by atoms with Crippen molar-refractivity contribution in [3.63, 3.8) is 0 Å². The van der Waals surface area contributed by atoms with Gasteiger partial charge in [-0.25, -0.2) is 4.39 Å². The number of nitrogens with zero attached hydrogens (tertiary/aromatic N) is 1. The van der Waals surface area contributed by atoms with E-state index in [4.69, 9.17) is 0 Å². The smallest absolute Gasteiger partial charge is 0.256 e. The maximum absolute atomic E-state index is 14.0. The van der Waals surface area contributed by atoms with Crippen molar-refractivity contribution in [2.24, 2.45) is 10.8 Å². The Morgan fingerprint density at radius 2 is 1.58 bits per heavy atom. The topological polar surface area (TPSA) is 81.0 Å². The number of amides is 1. The van der Waals surface area contributed by atoms with E-state index in [1.807, 2.05) is 0 Å². The molecule has 2 aliphatic rings. The number of halogens is 2. The van der Waals surface area contributed by atoms with E-state index < -0.39 is 39.7 Å². The van der Waals surface area contributed by atoms with Crippen molar-refractivity contribution < 1.29 is 28.9 Å². The van der Waals surface area contributed by atoms with Crippen molar-refractivity contribution in [3.05, 3.63) is 29.3 Å². The van der Waals surface area contributed by atoms with Gasteiger partial charge in [-0.1, -0.05) is 12.8 Å². The molecule has 1 amide bonds. The van der Waals surface area contributed by atoms with E-state index in [-0.39, 0.29) is 26.3 Å². The second-order valence-electron chi connectivity index (χ2n) is 7.01. The van der Waals surface area contributed by atoms with Gasteiger partial charge in [-0.3, -0.25) is 4.79 Å². The number of likely N-dealkylation sites (tertiary alicyclic amines) is 1. The summed E-state index contributed by atoms with van der Waals surface area (Å²) in [7, 11) is 0. The Bertz CT molecular complexity index is 646. The third-order valence-corrected chi connectivity index (χ3v) is 5.86. The first-order valence-electron chi connectivity index (χ1n) is 8.08. The summed E-state index contributed by atoms with van der Waals surface area (Å²) in [4.78, 5) is 14.0. The zero-order valence-electron chi connectivity index (χ0n) is 13.3. The van der Waals surface area contributed by atoms with Gasteiger partial charge >= 0.3 is 0 Å². The summed E-state index contributed by atoms with van der Waals surface area (Å²) in [5.74, 6) is -4.38. The molecule has 1 aromatic rings.